The van der Waals surface area contributed by atoms with E-state index < -0.39 is 18.2 Å². The van der Waals surface area contributed by atoms with E-state index in [4.69, 9.17) is 22.4 Å². The van der Waals surface area contributed by atoms with E-state index in [2.05, 4.69) is 0 Å². The van der Waals surface area contributed by atoms with E-state index in [1.54, 1.807) is 0 Å². The van der Waals surface area contributed by atoms with Gasteiger partial charge in [0.15, 0.2) is 0 Å². The lowest BCUT2D eigenvalue weighted by Gasteiger charge is -2.05. The molecule has 0 aliphatic carbocycles. The second-order valence-corrected chi connectivity index (χ2v) is 2.90. The van der Waals surface area contributed by atoms with Crippen LogP contribution in [0.3, 0.4) is 0 Å². The summed E-state index contributed by atoms with van der Waals surface area (Å²) in [5.74, 6) is -1.79. The minimum atomic E-state index is -1.15. The number of aliphatic carboxylic acids is 1. The van der Waals surface area contributed by atoms with Gasteiger partial charge in [-0.3, -0.25) is 4.79 Å². The van der Waals surface area contributed by atoms with Crippen molar-refractivity contribution in [1.82, 2.24) is 0 Å². The summed E-state index contributed by atoms with van der Waals surface area (Å²) >= 11 is 5.58. The average molecular weight is 204 g/mol. The third kappa shape index (κ3) is 2.09. The number of anilines is 1. The molecule has 0 amide bonds. The molecule has 0 saturated heterocycles. The molecular weight excluding hydrogens is 197 g/mol. The maximum absolute atomic E-state index is 13.0. The van der Waals surface area contributed by atoms with Gasteiger partial charge in [-0.15, -0.1) is 0 Å². The predicted molar refractivity (Wildman–Crippen MR) is 47.2 cm³/mol. The molecule has 0 unspecified atom stereocenters. The van der Waals surface area contributed by atoms with Crippen LogP contribution in [0, 0.1) is 5.82 Å². The lowest BCUT2D eigenvalue weighted by atomic mass is 10.1. The minimum absolute atomic E-state index is 0.0101. The third-order valence-corrected chi connectivity index (χ3v) is 1.90. The molecule has 1 aromatic carbocycles. The van der Waals surface area contributed by atoms with Gasteiger partial charge in [0.2, 0.25) is 0 Å². The monoisotopic (exact) mass is 203 g/mol. The zero-order valence-corrected chi connectivity index (χ0v) is 7.31. The minimum Gasteiger partial charge on any atom is -0.481 e. The molecule has 1 rings (SSSR count). The highest BCUT2D eigenvalue weighted by molar-refractivity contribution is 6.33. The molecule has 0 bridgehead atoms. The Labute approximate surface area is 78.9 Å². The summed E-state index contributed by atoms with van der Waals surface area (Å²) in [4.78, 5) is 10.3. The number of carboxylic acids is 1. The van der Waals surface area contributed by atoms with Crippen molar-refractivity contribution in [3.8, 4) is 0 Å². The predicted octanol–water partition coefficient (Wildman–Crippen LogP) is 1.69. The quantitative estimate of drug-likeness (QED) is 0.719. The van der Waals surface area contributed by atoms with Crippen molar-refractivity contribution >= 4 is 23.3 Å². The first-order valence-electron chi connectivity index (χ1n) is 3.46. The number of nitrogens with two attached hydrogens (primary N) is 1. The molecule has 0 saturated carbocycles. The number of halogens is 2. The van der Waals surface area contributed by atoms with Crippen LogP contribution in [-0.4, -0.2) is 11.1 Å². The maximum atomic E-state index is 13.0. The summed E-state index contributed by atoms with van der Waals surface area (Å²) < 4.78 is 13.0. The zero-order chi connectivity index (χ0) is 10.0. The second kappa shape index (κ2) is 3.62. The van der Waals surface area contributed by atoms with Crippen molar-refractivity contribution in [1.29, 1.82) is 0 Å². The Morgan fingerprint density at radius 3 is 2.77 bits per heavy atom. The van der Waals surface area contributed by atoms with Crippen molar-refractivity contribution in [2.75, 3.05) is 5.73 Å². The summed E-state index contributed by atoms with van der Waals surface area (Å²) in [5.41, 5.74) is 5.32. The number of hydrogen-bond acceptors (Lipinski definition) is 2. The summed E-state index contributed by atoms with van der Waals surface area (Å²) in [6, 6.07) is 2.38. The lowest BCUT2D eigenvalue weighted by molar-refractivity contribution is -0.136. The fourth-order valence-electron chi connectivity index (χ4n) is 0.940. The van der Waals surface area contributed by atoms with Crippen LogP contribution in [0.2, 0.25) is 5.02 Å². The van der Waals surface area contributed by atoms with Crippen molar-refractivity contribution in [2.45, 2.75) is 6.42 Å². The summed E-state index contributed by atoms with van der Waals surface area (Å²) in [5, 5.41) is 8.61. The molecule has 0 aliphatic rings. The van der Waals surface area contributed by atoms with Gasteiger partial charge in [-0.05, 0) is 12.1 Å². The molecule has 1 aromatic rings. The number of hydrogen-bond donors (Lipinski definition) is 2. The van der Waals surface area contributed by atoms with Crippen LogP contribution in [-0.2, 0) is 11.2 Å². The highest BCUT2D eigenvalue weighted by Gasteiger charge is 2.12. The number of benzene rings is 1. The van der Waals surface area contributed by atoms with Gasteiger partial charge in [0.1, 0.15) is 5.82 Å². The Bertz CT molecular complexity index is 354. The largest absolute Gasteiger partial charge is 0.481 e. The highest BCUT2D eigenvalue weighted by atomic mass is 35.5. The van der Waals surface area contributed by atoms with Crippen molar-refractivity contribution < 1.29 is 14.3 Å². The topological polar surface area (TPSA) is 63.3 Å². The lowest BCUT2D eigenvalue weighted by Crippen LogP contribution is -2.06. The molecule has 0 heterocycles. The zero-order valence-electron chi connectivity index (χ0n) is 6.55. The van der Waals surface area contributed by atoms with Gasteiger partial charge in [0, 0.05) is 5.56 Å². The Kier molecular flexibility index (Phi) is 2.72. The van der Waals surface area contributed by atoms with Gasteiger partial charge >= 0.3 is 5.97 Å². The van der Waals surface area contributed by atoms with Crippen LogP contribution in [0.1, 0.15) is 5.56 Å². The summed E-state index contributed by atoms with van der Waals surface area (Å²) in [6.07, 6.45) is -0.460. The standard InChI is InChI=1S/C8H7ClFNO2/c9-5-1-2-6(10)4(8(5)11)3-7(12)13/h1-2H,3,11H2,(H,12,13). The molecule has 0 aliphatic heterocycles. The molecule has 0 spiro atoms. The summed E-state index contributed by atoms with van der Waals surface area (Å²) in [7, 11) is 0. The van der Waals surface area contributed by atoms with Gasteiger partial charge in [-0.1, -0.05) is 11.6 Å². The molecule has 3 N–H and O–H groups in total. The average Bonchev–Trinajstić information content (AvgIpc) is 2.05. The van der Waals surface area contributed by atoms with Gasteiger partial charge in [0.25, 0.3) is 0 Å². The number of nitrogen functional groups attached to an aromatic ring is 1. The van der Waals surface area contributed by atoms with Gasteiger partial charge in [-0.25, -0.2) is 4.39 Å². The molecule has 5 heteroatoms. The molecule has 0 radical (unpaired) electrons. The van der Waals surface area contributed by atoms with E-state index in [0.717, 1.165) is 6.07 Å². The van der Waals surface area contributed by atoms with Crippen molar-refractivity contribution in [3.05, 3.63) is 28.5 Å². The normalized spacial score (nSPS) is 10.0. The van der Waals surface area contributed by atoms with Gasteiger partial charge < -0.3 is 10.8 Å². The van der Waals surface area contributed by atoms with Crippen LogP contribution < -0.4 is 5.73 Å². The molecule has 0 aromatic heterocycles. The first kappa shape index (κ1) is 9.80. The SMILES string of the molecule is Nc1c(Cl)ccc(F)c1CC(=O)O. The molecule has 70 valence electrons. The van der Waals surface area contributed by atoms with Crippen LogP contribution in [0.5, 0.6) is 0 Å². The van der Waals surface area contributed by atoms with E-state index in [0.29, 0.717) is 0 Å². The Morgan fingerprint density at radius 2 is 2.23 bits per heavy atom. The molecule has 0 fully saturated rings. The fourth-order valence-corrected chi connectivity index (χ4v) is 1.12. The molecular formula is C8H7ClFNO2. The second-order valence-electron chi connectivity index (χ2n) is 2.49. The van der Waals surface area contributed by atoms with Crippen LogP contribution in [0.4, 0.5) is 10.1 Å². The van der Waals surface area contributed by atoms with E-state index in [1.807, 2.05) is 0 Å². The van der Waals surface area contributed by atoms with Crippen molar-refractivity contribution in [3.63, 3.8) is 0 Å². The summed E-state index contributed by atoms with van der Waals surface area (Å²) in [6.45, 7) is 0. The van der Waals surface area contributed by atoms with Crippen LogP contribution in [0.25, 0.3) is 0 Å². The molecule has 3 nitrogen and oxygen atoms in total. The van der Waals surface area contributed by atoms with E-state index in [-0.39, 0.29) is 16.3 Å². The van der Waals surface area contributed by atoms with Crippen LogP contribution in [0.15, 0.2) is 12.1 Å². The van der Waals surface area contributed by atoms with E-state index in [1.165, 1.54) is 6.07 Å². The van der Waals surface area contributed by atoms with E-state index >= 15 is 0 Å². The Balaban J connectivity index is 3.17. The fraction of sp³-hybridized carbons (Fsp3) is 0.125. The number of rotatable bonds is 2. The smallest absolute Gasteiger partial charge is 0.308 e. The molecule has 0 atom stereocenters. The number of carboxylic acid groups (broad SMARTS) is 1. The Hall–Kier alpha value is -1.29. The highest BCUT2D eigenvalue weighted by Crippen LogP contribution is 2.25. The van der Waals surface area contributed by atoms with Crippen molar-refractivity contribution in [2.24, 2.45) is 0 Å². The van der Waals surface area contributed by atoms with Gasteiger partial charge in [0.05, 0.1) is 17.1 Å². The molecule has 13 heavy (non-hydrogen) atoms. The Morgan fingerprint density at radius 1 is 1.62 bits per heavy atom. The third-order valence-electron chi connectivity index (χ3n) is 1.57. The van der Waals surface area contributed by atoms with Crippen LogP contribution >= 0.6 is 11.6 Å². The first-order valence-corrected chi connectivity index (χ1v) is 3.84. The first-order chi connectivity index (χ1) is 6.02. The van der Waals surface area contributed by atoms with Gasteiger partial charge in [-0.2, -0.15) is 0 Å². The van der Waals surface area contributed by atoms with E-state index in [9.17, 15) is 9.18 Å². The number of carbonyl (C=O) groups is 1. The maximum Gasteiger partial charge on any atom is 0.308 e.